The predicted octanol–water partition coefficient (Wildman–Crippen LogP) is 2.37. The Labute approximate surface area is 66.2 Å². The van der Waals surface area contributed by atoms with Gasteiger partial charge in [-0.15, -0.1) is 0 Å². The van der Waals surface area contributed by atoms with Crippen LogP contribution >= 0.6 is 22.9 Å². The number of thiophene rings is 1. The van der Waals surface area contributed by atoms with Gasteiger partial charge in [0.25, 0.3) is 0 Å². The molecule has 0 radical (unpaired) electrons. The van der Waals surface area contributed by atoms with Gasteiger partial charge in [-0.05, 0) is 11.5 Å². The molecular formula is C6H5NOS2. The number of aromatic nitrogens is 1. The van der Waals surface area contributed by atoms with Gasteiger partial charge in [0, 0.05) is 17.6 Å². The summed E-state index contributed by atoms with van der Waals surface area (Å²) in [5.74, 6) is 0. The molecule has 0 atom stereocenters. The first-order valence-electron chi connectivity index (χ1n) is 2.78. The topological polar surface area (TPSA) is 22.1 Å². The fourth-order valence-corrected chi connectivity index (χ4v) is 2.44. The minimum absolute atomic E-state index is 0.962. The quantitative estimate of drug-likeness (QED) is 0.657. The van der Waals surface area contributed by atoms with Crippen molar-refractivity contribution in [3.8, 4) is 5.06 Å². The van der Waals surface area contributed by atoms with Crippen LogP contribution in [0.5, 0.6) is 5.06 Å². The molecule has 0 unspecified atom stereocenters. The molecule has 4 heteroatoms. The van der Waals surface area contributed by atoms with Gasteiger partial charge in [-0.2, -0.15) is 4.37 Å². The minimum Gasteiger partial charge on any atom is -0.487 e. The monoisotopic (exact) mass is 171 g/mol. The molecule has 0 aliphatic carbocycles. The Kier molecular flexibility index (Phi) is 1.35. The number of nitrogens with zero attached hydrogens (tertiary/aromatic N) is 1. The third-order valence-corrected chi connectivity index (χ3v) is 3.22. The first-order chi connectivity index (χ1) is 4.90. The van der Waals surface area contributed by atoms with Crippen LogP contribution < -0.4 is 4.74 Å². The third kappa shape index (κ3) is 0.803. The van der Waals surface area contributed by atoms with Crippen molar-refractivity contribution in [3.63, 3.8) is 0 Å². The van der Waals surface area contributed by atoms with Crippen LogP contribution in [-0.2, 0) is 0 Å². The molecular weight excluding hydrogens is 166 g/mol. The van der Waals surface area contributed by atoms with Crippen molar-refractivity contribution in [2.24, 2.45) is 0 Å². The lowest BCUT2D eigenvalue weighted by molar-refractivity contribution is 0.427. The fraction of sp³-hybridized carbons (Fsp3) is 0.167. The van der Waals surface area contributed by atoms with Crippen molar-refractivity contribution >= 4 is 32.3 Å². The van der Waals surface area contributed by atoms with Gasteiger partial charge in [0.05, 0.1) is 7.11 Å². The SMILES string of the molecule is COc1cc2cnsc2s1. The highest BCUT2D eigenvalue weighted by molar-refractivity contribution is 7.36. The van der Waals surface area contributed by atoms with Crippen LogP contribution in [0.3, 0.4) is 0 Å². The Hall–Kier alpha value is -0.610. The average molecular weight is 171 g/mol. The fourth-order valence-electron chi connectivity index (χ4n) is 0.759. The van der Waals surface area contributed by atoms with Gasteiger partial charge in [0.1, 0.15) is 4.01 Å². The predicted molar refractivity (Wildman–Crippen MR) is 44.0 cm³/mol. The van der Waals surface area contributed by atoms with Crippen molar-refractivity contribution in [1.82, 2.24) is 4.37 Å². The molecule has 0 saturated heterocycles. The van der Waals surface area contributed by atoms with Crippen molar-refractivity contribution in [3.05, 3.63) is 12.3 Å². The molecule has 0 amide bonds. The van der Waals surface area contributed by atoms with Crippen molar-refractivity contribution in [2.45, 2.75) is 0 Å². The zero-order valence-corrected chi connectivity index (χ0v) is 6.96. The summed E-state index contributed by atoms with van der Waals surface area (Å²) in [6.45, 7) is 0. The molecule has 0 spiro atoms. The molecule has 2 aromatic heterocycles. The average Bonchev–Trinajstić information content (AvgIpc) is 2.42. The lowest BCUT2D eigenvalue weighted by Crippen LogP contribution is -1.73. The maximum absolute atomic E-state index is 5.05. The Morgan fingerprint density at radius 2 is 2.50 bits per heavy atom. The molecule has 2 nitrogen and oxygen atoms in total. The van der Waals surface area contributed by atoms with E-state index in [1.54, 1.807) is 18.4 Å². The van der Waals surface area contributed by atoms with Crippen molar-refractivity contribution in [1.29, 1.82) is 0 Å². The van der Waals surface area contributed by atoms with E-state index >= 15 is 0 Å². The minimum atomic E-state index is 0.962. The van der Waals surface area contributed by atoms with Crippen LogP contribution in [0.1, 0.15) is 0 Å². The summed E-state index contributed by atoms with van der Waals surface area (Å²) < 4.78 is 10.3. The molecule has 2 aromatic rings. The van der Waals surface area contributed by atoms with Crippen LogP contribution in [0.4, 0.5) is 0 Å². The summed E-state index contributed by atoms with van der Waals surface area (Å²) in [5, 5.41) is 2.15. The second kappa shape index (κ2) is 2.21. The summed E-state index contributed by atoms with van der Waals surface area (Å²) in [4.78, 5) is 0. The van der Waals surface area contributed by atoms with Gasteiger partial charge in [-0.25, -0.2) is 0 Å². The first-order valence-corrected chi connectivity index (χ1v) is 4.37. The lowest BCUT2D eigenvalue weighted by atomic mass is 10.5. The number of methoxy groups -OCH3 is 1. The second-order valence-corrected chi connectivity index (χ2v) is 3.91. The van der Waals surface area contributed by atoms with Gasteiger partial charge in [0.15, 0.2) is 5.06 Å². The van der Waals surface area contributed by atoms with Crippen molar-refractivity contribution in [2.75, 3.05) is 7.11 Å². The number of ether oxygens (including phenoxy) is 1. The lowest BCUT2D eigenvalue weighted by Gasteiger charge is -1.86. The Balaban J connectivity index is 2.67. The summed E-state index contributed by atoms with van der Waals surface area (Å²) in [6, 6.07) is 2.00. The maximum Gasteiger partial charge on any atom is 0.175 e. The number of hydrogen-bond donors (Lipinski definition) is 0. The standard InChI is InChI=1S/C6H5NOS2/c1-8-5-2-4-3-7-10-6(4)9-5/h2-3H,1H3. The van der Waals surface area contributed by atoms with Gasteiger partial charge in [-0.3, -0.25) is 0 Å². The molecule has 10 heavy (non-hydrogen) atoms. The number of rotatable bonds is 1. The van der Waals surface area contributed by atoms with Crippen LogP contribution in [0, 0.1) is 0 Å². The smallest absolute Gasteiger partial charge is 0.175 e. The normalized spacial score (nSPS) is 10.5. The molecule has 2 heterocycles. The summed E-state index contributed by atoms with van der Waals surface area (Å²) >= 11 is 3.15. The Morgan fingerprint density at radius 1 is 1.60 bits per heavy atom. The van der Waals surface area contributed by atoms with Gasteiger partial charge < -0.3 is 4.74 Å². The van der Waals surface area contributed by atoms with E-state index in [4.69, 9.17) is 4.74 Å². The highest BCUT2D eigenvalue weighted by Gasteiger charge is 2.01. The van der Waals surface area contributed by atoms with E-state index in [0.717, 1.165) is 5.06 Å². The van der Waals surface area contributed by atoms with Gasteiger partial charge in [-0.1, -0.05) is 11.3 Å². The highest BCUT2D eigenvalue weighted by atomic mass is 32.2. The van der Waals surface area contributed by atoms with Crippen LogP contribution in [0.15, 0.2) is 12.3 Å². The molecule has 0 N–H and O–H groups in total. The van der Waals surface area contributed by atoms with E-state index in [-0.39, 0.29) is 0 Å². The van der Waals surface area contributed by atoms with E-state index in [1.807, 2.05) is 12.3 Å². The van der Waals surface area contributed by atoms with Gasteiger partial charge in [0.2, 0.25) is 0 Å². The molecule has 52 valence electrons. The number of hydrogen-bond acceptors (Lipinski definition) is 4. The van der Waals surface area contributed by atoms with E-state index in [0.29, 0.717) is 0 Å². The number of fused-ring (bicyclic) bond motifs is 1. The third-order valence-electron chi connectivity index (χ3n) is 1.23. The first kappa shape index (κ1) is 6.12. The summed E-state index contributed by atoms with van der Waals surface area (Å²) in [7, 11) is 1.68. The Morgan fingerprint density at radius 3 is 3.20 bits per heavy atom. The summed E-state index contributed by atoms with van der Waals surface area (Å²) in [5.41, 5.74) is 0. The zero-order valence-electron chi connectivity index (χ0n) is 5.33. The van der Waals surface area contributed by atoms with E-state index < -0.39 is 0 Å². The molecule has 0 aliphatic rings. The molecule has 0 saturated carbocycles. The molecule has 0 fully saturated rings. The van der Waals surface area contributed by atoms with Crippen LogP contribution in [0.2, 0.25) is 0 Å². The van der Waals surface area contributed by atoms with Crippen LogP contribution in [-0.4, -0.2) is 11.5 Å². The Bertz CT molecular complexity index is 309. The van der Waals surface area contributed by atoms with Crippen molar-refractivity contribution < 1.29 is 4.74 Å². The summed E-state index contributed by atoms with van der Waals surface area (Å²) in [6.07, 6.45) is 1.86. The zero-order chi connectivity index (χ0) is 6.97. The highest BCUT2D eigenvalue weighted by Crippen LogP contribution is 2.33. The van der Waals surface area contributed by atoms with E-state index in [9.17, 15) is 0 Å². The van der Waals surface area contributed by atoms with Crippen LogP contribution in [0.25, 0.3) is 9.40 Å². The van der Waals surface area contributed by atoms with E-state index in [2.05, 4.69) is 4.37 Å². The van der Waals surface area contributed by atoms with Gasteiger partial charge >= 0.3 is 0 Å². The second-order valence-electron chi connectivity index (χ2n) is 1.84. The van der Waals surface area contributed by atoms with E-state index in [1.165, 1.54) is 20.9 Å². The molecule has 0 bridgehead atoms. The molecule has 2 rings (SSSR count). The molecule has 0 aliphatic heterocycles. The molecule has 0 aromatic carbocycles. The maximum atomic E-state index is 5.05. The largest absolute Gasteiger partial charge is 0.487 e.